The van der Waals surface area contributed by atoms with Crippen LogP contribution in [-0.2, 0) is 0 Å². The van der Waals surface area contributed by atoms with E-state index in [0.717, 1.165) is 50.3 Å². The number of hydrogen-bond acceptors (Lipinski definition) is 5. The summed E-state index contributed by atoms with van der Waals surface area (Å²) in [6, 6.07) is 32.6. The lowest BCUT2D eigenvalue weighted by Crippen LogP contribution is -2.51. The second kappa shape index (κ2) is 13.8. The summed E-state index contributed by atoms with van der Waals surface area (Å²) in [7, 11) is 0. The van der Waals surface area contributed by atoms with Gasteiger partial charge in [0.2, 0.25) is 5.69 Å². The number of rotatable bonds is 6. The number of carbonyl (C=O) groups excluding carboxylic acids is 2. The van der Waals surface area contributed by atoms with Crippen LogP contribution >= 0.6 is 0 Å². The molecule has 6 aromatic rings. The Morgan fingerprint density at radius 3 is 1.36 bits per heavy atom. The molecule has 0 spiro atoms. The summed E-state index contributed by atoms with van der Waals surface area (Å²) in [4.78, 5) is 49.0. The van der Waals surface area contributed by atoms with E-state index in [4.69, 9.17) is 15.0 Å². The van der Waals surface area contributed by atoms with Crippen LogP contribution in [0.1, 0.15) is 43.2 Å². The summed E-state index contributed by atoms with van der Waals surface area (Å²) in [6.45, 7) is 9.70. The van der Waals surface area contributed by atoms with E-state index in [9.17, 15) is 9.59 Å². The Balaban J connectivity index is 1.11. The fourth-order valence-electron chi connectivity index (χ4n) is 6.15. The van der Waals surface area contributed by atoms with E-state index in [1.807, 2.05) is 93.6 Å². The van der Waals surface area contributed by atoms with Gasteiger partial charge in [0.25, 0.3) is 11.8 Å². The monoisotopic (exact) mass is 659 g/mol. The number of hydrogen-bond donors (Lipinski definition) is 0. The molecule has 8 nitrogen and oxygen atoms in total. The number of aromatic amines is 1. The summed E-state index contributed by atoms with van der Waals surface area (Å²) in [5, 5.41) is 0. The topological polar surface area (TPSA) is 93.4 Å². The highest BCUT2D eigenvalue weighted by Gasteiger charge is 2.30. The van der Waals surface area contributed by atoms with Crippen molar-refractivity contribution in [2.24, 2.45) is 0 Å². The highest BCUT2D eigenvalue weighted by molar-refractivity contribution is 5.95. The number of H-pyrrole nitrogens is 1. The van der Waals surface area contributed by atoms with Crippen LogP contribution in [0.25, 0.3) is 45.0 Å². The third-order valence-electron chi connectivity index (χ3n) is 9.20. The third-order valence-corrected chi connectivity index (χ3v) is 9.20. The second-order valence-corrected chi connectivity index (χ2v) is 13.0. The lowest BCUT2D eigenvalue weighted by atomic mass is 10.0. The van der Waals surface area contributed by atoms with Crippen LogP contribution in [0.15, 0.2) is 109 Å². The quantitative estimate of drug-likeness (QED) is 0.189. The second-order valence-electron chi connectivity index (χ2n) is 13.0. The average molecular weight is 660 g/mol. The normalized spacial score (nSPS) is 13.0. The maximum absolute atomic E-state index is 13.8. The van der Waals surface area contributed by atoms with Gasteiger partial charge in [-0.1, -0.05) is 107 Å². The molecular formula is C42H39N6O2+. The standard InChI is InChI=1S/C42H38N6O2/c1-27-5-13-31(14-6-27)37-39(33-17-9-29(3)10-18-33)45-35(25-43-37)41(49)47-21-23-48(24-22-47)42(50)36-26-44-38(32-15-7-28(2)8-16-32)40(46-36)34-19-11-30(4)12-20-34/h5-20,25-26H,21-24H2,1-4H3/p+1. The molecule has 4 aromatic carbocycles. The number of nitrogens with zero attached hydrogens (tertiary/aromatic N) is 5. The number of aromatic nitrogens is 4. The Morgan fingerprint density at radius 2 is 0.880 bits per heavy atom. The number of aryl methyl sites for hydroxylation is 4. The fourth-order valence-corrected chi connectivity index (χ4v) is 6.15. The molecule has 1 saturated heterocycles. The van der Waals surface area contributed by atoms with Crippen LogP contribution in [0, 0.1) is 27.7 Å². The predicted octanol–water partition coefficient (Wildman–Crippen LogP) is 7.19. The predicted molar refractivity (Wildman–Crippen MR) is 195 cm³/mol. The molecule has 50 heavy (non-hydrogen) atoms. The Labute approximate surface area is 292 Å². The van der Waals surface area contributed by atoms with Crippen LogP contribution in [0.4, 0.5) is 0 Å². The van der Waals surface area contributed by atoms with Gasteiger partial charge in [0, 0.05) is 48.4 Å². The third kappa shape index (κ3) is 6.78. The van der Waals surface area contributed by atoms with E-state index in [-0.39, 0.29) is 17.5 Å². The van der Waals surface area contributed by atoms with Crippen LogP contribution in [-0.4, -0.2) is 62.7 Å². The minimum atomic E-state index is -0.205. The van der Waals surface area contributed by atoms with Gasteiger partial charge < -0.3 is 9.80 Å². The number of carbonyl (C=O) groups is 2. The van der Waals surface area contributed by atoms with Crippen LogP contribution < -0.4 is 4.98 Å². The van der Waals surface area contributed by atoms with Crippen molar-refractivity contribution >= 4 is 11.8 Å². The van der Waals surface area contributed by atoms with E-state index >= 15 is 0 Å². The fraction of sp³-hybridized carbons (Fsp3) is 0.190. The zero-order chi connectivity index (χ0) is 34.8. The molecule has 248 valence electrons. The first-order valence-electron chi connectivity index (χ1n) is 16.9. The molecule has 0 saturated carbocycles. The van der Waals surface area contributed by atoms with Gasteiger partial charge in [-0.15, -0.1) is 0 Å². The summed E-state index contributed by atoms with van der Waals surface area (Å²) >= 11 is 0. The van der Waals surface area contributed by atoms with E-state index in [1.54, 1.807) is 22.2 Å². The molecule has 0 radical (unpaired) electrons. The smallest absolute Gasteiger partial charge is 0.278 e. The highest BCUT2D eigenvalue weighted by Crippen LogP contribution is 2.31. The van der Waals surface area contributed by atoms with Gasteiger partial charge in [0.05, 0.1) is 17.6 Å². The van der Waals surface area contributed by atoms with Crippen LogP contribution in [0.2, 0.25) is 0 Å². The van der Waals surface area contributed by atoms with Gasteiger partial charge in [-0.05, 0) is 39.8 Å². The van der Waals surface area contributed by atoms with Crippen LogP contribution in [0.3, 0.4) is 0 Å². The van der Waals surface area contributed by atoms with Gasteiger partial charge in [0.15, 0.2) is 11.9 Å². The molecule has 3 heterocycles. The number of benzene rings is 4. The summed E-state index contributed by atoms with van der Waals surface area (Å²) in [5.41, 5.74) is 11.9. The van der Waals surface area contributed by atoms with Crippen molar-refractivity contribution in [2.75, 3.05) is 26.2 Å². The Morgan fingerprint density at radius 1 is 0.500 bits per heavy atom. The molecule has 2 aromatic heterocycles. The van der Waals surface area contributed by atoms with Crippen molar-refractivity contribution in [3.05, 3.63) is 143 Å². The lowest BCUT2D eigenvalue weighted by molar-refractivity contribution is -0.365. The van der Waals surface area contributed by atoms with Crippen molar-refractivity contribution in [1.29, 1.82) is 0 Å². The van der Waals surface area contributed by atoms with Crippen molar-refractivity contribution in [1.82, 2.24) is 24.8 Å². The molecule has 0 bridgehead atoms. The molecule has 1 N–H and O–H groups in total. The van der Waals surface area contributed by atoms with E-state index in [0.29, 0.717) is 43.3 Å². The Kier molecular flexibility index (Phi) is 9.00. The molecule has 0 atom stereocenters. The van der Waals surface area contributed by atoms with Crippen molar-refractivity contribution in [2.45, 2.75) is 27.7 Å². The average Bonchev–Trinajstić information content (AvgIpc) is 3.15. The van der Waals surface area contributed by atoms with Gasteiger partial charge in [-0.2, -0.15) is 0 Å². The molecule has 2 amide bonds. The highest BCUT2D eigenvalue weighted by atomic mass is 16.2. The van der Waals surface area contributed by atoms with Crippen molar-refractivity contribution in [3.8, 4) is 45.0 Å². The van der Waals surface area contributed by atoms with Gasteiger partial charge in [-0.3, -0.25) is 14.6 Å². The Hall–Kier alpha value is -6.02. The molecular weight excluding hydrogens is 621 g/mol. The van der Waals surface area contributed by atoms with Crippen molar-refractivity contribution in [3.63, 3.8) is 0 Å². The maximum Gasteiger partial charge on any atom is 0.278 e. The van der Waals surface area contributed by atoms with Gasteiger partial charge >= 0.3 is 0 Å². The minimum Gasteiger partial charge on any atom is -0.334 e. The number of nitrogens with one attached hydrogen (secondary N) is 1. The van der Waals surface area contributed by atoms with Gasteiger partial charge in [-0.25, -0.2) is 15.0 Å². The molecule has 0 unspecified atom stereocenters. The molecule has 7 rings (SSSR count). The van der Waals surface area contributed by atoms with Crippen molar-refractivity contribution < 1.29 is 14.6 Å². The molecule has 1 aliphatic heterocycles. The summed E-state index contributed by atoms with van der Waals surface area (Å²) < 4.78 is 0. The lowest BCUT2D eigenvalue weighted by Gasteiger charge is -2.34. The maximum atomic E-state index is 13.8. The number of amides is 2. The molecule has 1 fully saturated rings. The minimum absolute atomic E-state index is 0.180. The Bertz CT molecular complexity index is 2010. The zero-order valence-electron chi connectivity index (χ0n) is 28.8. The van der Waals surface area contributed by atoms with E-state index < -0.39 is 0 Å². The summed E-state index contributed by atoms with van der Waals surface area (Å²) in [6.07, 6.45) is 3.25. The van der Waals surface area contributed by atoms with Gasteiger partial charge in [0.1, 0.15) is 11.4 Å². The molecule has 1 aliphatic rings. The zero-order valence-corrected chi connectivity index (χ0v) is 28.8. The van der Waals surface area contributed by atoms with Crippen LogP contribution in [0.5, 0.6) is 0 Å². The van der Waals surface area contributed by atoms with E-state index in [2.05, 4.69) is 36.2 Å². The first-order chi connectivity index (χ1) is 24.2. The molecule has 8 heteroatoms. The molecule has 0 aliphatic carbocycles. The SMILES string of the molecule is Cc1ccc(-c2ncc(C(=O)N3CCN(C(=O)c4c[nH+]c(-c5ccc(C)cc5)c(-c5ccc(C)cc5)n4)CC3)nc2-c2ccc(C)cc2)cc1. The first-order valence-corrected chi connectivity index (χ1v) is 16.9. The largest absolute Gasteiger partial charge is 0.334 e. The number of piperazine rings is 1. The summed E-state index contributed by atoms with van der Waals surface area (Å²) in [5.74, 6) is -0.384. The first kappa shape index (κ1) is 32.5. The van der Waals surface area contributed by atoms with E-state index in [1.165, 1.54) is 5.56 Å².